The standard InChI is InChI=1S/C25H27N3O7/c29-14-19(26-24(30)6-3-17-1-4-20-22(11-17)34-15-32-20)25(31)28-9-7-27(8-10-28)13-18-2-5-21-23(12-18)35-16-33-21/h1-6,11-12,19,29H,7-10,13-16H2,(H,26,30)/t19-/m0/s1. The Bertz CT molecular complexity index is 1130. The van der Waals surface area contributed by atoms with Crippen molar-refractivity contribution in [2.24, 2.45) is 0 Å². The number of nitrogens with zero attached hydrogens (tertiary/aromatic N) is 2. The van der Waals surface area contributed by atoms with Crippen LogP contribution in [0.1, 0.15) is 11.1 Å². The van der Waals surface area contributed by atoms with Gasteiger partial charge in [-0.15, -0.1) is 0 Å². The Hall–Kier alpha value is -3.76. The van der Waals surface area contributed by atoms with Gasteiger partial charge in [-0.1, -0.05) is 12.1 Å². The summed E-state index contributed by atoms with van der Waals surface area (Å²) in [4.78, 5) is 29.2. The van der Waals surface area contributed by atoms with Crippen molar-refractivity contribution >= 4 is 17.9 Å². The molecule has 3 heterocycles. The van der Waals surface area contributed by atoms with Crippen molar-refractivity contribution in [2.75, 3.05) is 46.4 Å². The SMILES string of the molecule is O=C(C=Cc1ccc2c(c1)OCO2)N[C@@H](CO)C(=O)N1CCN(Cc2ccc3c(c2)OCO3)CC1. The van der Waals surface area contributed by atoms with Crippen molar-refractivity contribution < 1.29 is 33.6 Å². The second-order valence-electron chi connectivity index (χ2n) is 8.48. The number of hydrogen-bond acceptors (Lipinski definition) is 8. The van der Waals surface area contributed by atoms with Crippen molar-refractivity contribution in [3.63, 3.8) is 0 Å². The third-order valence-electron chi connectivity index (χ3n) is 6.15. The van der Waals surface area contributed by atoms with E-state index in [0.717, 1.165) is 29.2 Å². The van der Waals surface area contributed by atoms with Crippen LogP contribution in [0.25, 0.3) is 6.08 Å². The monoisotopic (exact) mass is 481 g/mol. The number of rotatable bonds is 7. The molecule has 10 nitrogen and oxygen atoms in total. The van der Waals surface area contributed by atoms with Crippen LogP contribution in [-0.2, 0) is 16.1 Å². The summed E-state index contributed by atoms with van der Waals surface area (Å²) >= 11 is 0. The molecule has 2 amide bonds. The first kappa shape index (κ1) is 23.0. The predicted molar refractivity (Wildman–Crippen MR) is 125 cm³/mol. The maximum absolute atomic E-state index is 12.9. The van der Waals surface area contributed by atoms with Gasteiger partial charge >= 0.3 is 0 Å². The van der Waals surface area contributed by atoms with E-state index in [1.807, 2.05) is 18.2 Å². The Morgan fingerprint density at radius 2 is 1.57 bits per heavy atom. The van der Waals surface area contributed by atoms with Crippen molar-refractivity contribution in [3.8, 4) is 23.0 Å². The van der Waals surface area contributed by atoms with Gasteiger partial charge in [0.05, 0.1) is 6.61 Å². The minimum atomic E-state index is -0.996. The summed E-state index contributed by atoms with van der Waals surface area (Å²) in [6, 6.07) is 10.2. The maximum Gasteiger partial charge on any atom is 0.247 e. The second kappa shape index (κ2) is 10.2. The molecule has 3 aliphatic rings. The molecule has 10 heteroatoms. The molecule has 0 aromatic heterocycles. The smallest absolute Gasteiger partial charge is 0.247 e. The lowest BCUT2D eigenvalue weighted by atomic mass is 10.1. The first-order valence-corrected chi connectivity index (χ1v) is 11.5. The summed E-state index contributed by atoms with van der Waals surface area (Å²) in [5.74, 6) is 2.04. The van der Waals surface area contributed by atoms with E-state index in [9.17, 15) is 14.7 Å². The second-order valence-corrected chi connectivity index (χ2v) is 8.48. The van der Waals surface area contributed by atoms with Crippen molar-refractivity contribution in [1.82, 2.24) is 15.1 Å². The lowest BCUT2D eigenvalue weighted by molar-refractivity contribution is -0.138. The van der Waals surface area contributed by atoms with Gasteiger partial charge in [0.1, 0.15) is 6.04 Å². The molecule has 5 rings (SSSR count). The summed E-state index contributed by atoms with van der Waals surface area (Å²) in [7, 11) is 0. The van der Waals surface area contributed by atoms with Crippen molar-refractivity contribution in [3.05, 3.63) is 53.6 Å². The number of benzene rings is 2. The summed E-state index contributed by atoms with van der Waals surface area (Å²) in [6.45, 7) is 3.10. The Kier molecular flexibility index (Phi) is 6.73. The number of nitrogens with one attached hydrogen (secondary N) is 1. The average molecular weight is 482 g/mol. The molecule has 1 atom stereocenters. The predicted octanol–water partition coefficient (Wildman–Crippen LogP) is 0.979. The Morgan fingerprint density at radius 1 is 0.914 bits per heavy atom. The van der Waals surface area contributed by atoms with Gasteiger partial charge < -0.3 is 34.3 Å². The van der Waals surface area contributed by atoms with Gasteiger partial charge in [0, 0.05) is 38.8 Å². The van der Waals surface area contributed by atoms with Gasteiger partial charge in [-0.3, -0.25) is 14.5 Å². The third-order valence-corrected chi connectivity index (χ3v) is 6.15. The fourth-order valence-electron chi connectivity index (χ4n) is 4.24. The Morgan fingerprint density at radius 3 is 2.29 bits per heavy atom. The molecular formula is C25H27N3O7. The highest BCUT2D eigenvalue weighted by molar-refractivity contribution is 5.95. The molecule has 0 aliphatic carbocycles. The lowest BCUT2D eigenvalue weighted by Crippen LogP contribution is -2.55. The van der Waals surface area contributed by atoms with Gasteiger partial charge in [-0.2, -0.15) is 0 Å². The number of fused-ring (bicyclic) bond motifs is 2. The topological polar surface area (TPSA) is 110 Å². The zero-order valence-electron chi connectivity index (χ0n) is 19.1. The maximum atomic E-state index is 12.9. The van der Waals surface area contributed by atoms with Crippen molar-refractivity contribution in [2.45, 2.75) is 12.6 Å². The highest BCUT2D eigenvalue weighted by Gasteiger charge is 2.28. The summed E-state index contributed by atoms with van der Waals surface area (Å²) in [5.41, 5.74) is 1.87. The number of amides is 2. The summed E-state index contributed by atoms with van der Waals surface area (Å²) in [5, 5.41) is 12.3. The fourth-order valence-corrected chi connectivity index (χ4v) is 4.24. The van der Waals surface area contributed by atoms with Gasteiger partial charge in [-0.25, -0.2) is 0 Å². The van der Waals surface area contributed by atoms with E-state index >= 15 is 0 Å². The largest absolute Gasteiger partial charge is 0.454 e. The summed E-state index contributed by atoms with van der Waals surface area (Å²) in [6.07, 6.45) is 2.95. The summed E-state index contributed by atoms with van der Waals surface area (Å²) < 4.78 is 21.4. The van der Waals surface area contributed by atoms with E-state index < -0.39 is 18.6 Å². The van der Waals surface area contributed by atoms with Gasteiger partial charge in [-0.05, 0) is 41.5 Å². The van der Waals surface area contributed by atoms with Gasteiger partial charge in [0.25, 0.3) is 0 Å². The molecule has 2 aromatic carbocycles. The van der Waals surface area contributed by atoms with E-state index in [-0.39, 0.29) is 19.5 Å². The molecule has 0 unspecified atom stereocenters. The number of hydrogen-bond donors (Lipinski definition) is 2. The number of piperazine rings is 1. The zero-order chi connectivity index (χ0) is 24.2. The molecule has 3 aliphatic heterocycles. The number of carbonyl (C=O) groups excluding carboxylic acids is 2. The van der Waals surface area contributed by atoms with Crippen molar-refractivity contribution in [1.29, 1.82) is 0 Å². The van der Waals surface area contributed by atoms with E-state index in [2.05, 4.69) is 10.2 Å². The Balaban J connectivity index is 1.10. The molecule has 0 bridgehead atoms. The first-order valence-electron chi connectivity index (χ1n) is 11.5. The number of carbonyl (C=O) groups is 2. The van der Waals surface area contributed by atoms with E-state index in [0.29, 0.717) is 37.7 Å². The molecule has 35 heavy (non-hydrogen) atoms. The number of aliphatic hydroxyl groups is 1. The van der Waals surface area contributed by atoms with Crippen LogP contribution in [0.3, 0.4) is 0 Å². The lowest BCUT2D eigenvalue weighted by Gasteiger charge is -2.36. The minimum absolute atomic E-state index is 0.177. The molecule has 2 aromatic rings. The van der Waals surface area contributed by atoms with E-state index in [4.69, 9.17) is 18.9 Å². The molecule has 2 N–H and O–H groups in total. The Labute approximate surface area is 202 Å². The quantitative estimate of drug-likeness (QED) is 0.564. The fraction of sp³-hybridized carbons (Fsp3) is 0.360. The highest BCUT2D eigenvalue weighted by atomic mass is 16.7. The van der Waals surface area contributed by atoms with Crippen LogP contribution in [0, 0.1) is 0 Å². The molecule has 0 saturated carbocycles. The first-order chi connectivity index (χ1) is 17.1. The van der Waals surface area contributed by atoms with Crippen LogP contribution in [0.4, 0.5) is 0 Å². The highest BCUT2D eigenvalue weighted by Crippen LogP contribution is 2.33. The van der Waals surface area contributed by atoms with Crippen LogP contribution >= 0.6 is 0 Å². The average Bonchev–Trinajstić information content (AvgIpc) is 3.55. The van der Waals surface area contributed by atoms with E-state index in [1.54, 1.807) is 29.2 Å². The van der Waals surface area contributed by atoms with Crippen LogP contribution < -0.4 is 24.3 Å². The van der Waals surface area contributed by atoms with Crippen LogP contribution in [0.15, 0.2) is 42.5 Å². The minimum Gasteiger partial charge on any atom is -0.454 e. The number of ether oxygens (including phenoxy) is 4. The third kappa shape index (κ3) is 5.33. The molecule has 0 spiro atoms. The number of aliphatic hydroxyl groups excluding tert-OH is 1. The van der Waals surface area contributed by atoms with Crippen LogP contribution in [0.2, 0.25) is 0 Å². The normalized spacial score (nSPS) is 17.6. The van der Waals surface area contributed by atoms with Gasteiger partial charge in [0.2, 0.25) is 25.4 Å². The van der Waals surface area contributed by atoms with Crippen LogP contribution in [0.5, 0.6) is 23.0 Å². The molecule has 184 valence electrons. The zero-order valence-corrected chi connectivity index (χ0v) is 19.1. The van der Waals surface area contributed by atoms with E-state index in [1.165, 1.54) is 6.08 Å². The van der Waals surface area contributed by atoms with Gasteiger partial charge in [0.15, 0.2) is 23.0 Å². The molecule has 1 fully saturated rings. The molecule has 0 radical (unpaired) electrons. The molecular weight excluding hydrogens is 454 g/mol. The molecule has 1 saturated heterocycles. The van der Waals surface area contributed by atoms with Crippen LogP contribution in [-0.4, -0.2) is 79.1 Å².